The number of nitrogens with one attached hydrogen (secondary N) is 3. The molecule has 0 unspecified atom stereocenters. The Labute approximate surface area is 133 Å². The molecule has 120 valence electrons. The number of amides is 3. The Morgan fingerprint density at radius 1 is 1.04 bits per heavy atom. The minimum Gasteiger partial charge on any atom is -0.334 e. The topological polar surface area (TPSA) is 70.2 Å². The van der Waals surface area contributed by atoms with Gasteiger partial charge in [0.05, 0.1) is 6.54 Å². The summed E-state index contributed by atoms with van der Waals surface area (Å²) in [5, 5.41) is 7.66. The van der Waals surface area contributed by atoms with Crippen LogP contribution in [0.2, 0.25) is 0 Å². The molecule has 0 bridgehead atoms. The zero-order chi connectivity index (χ0) is 16.7. The number of halogens is 1. The molecular weight excluding hydrogens is 297 g/mol. The summed E-state index contributed by atoms with van der Waals surface area (Å²) in [6.07, 6.45) is 0. The number of urea groups is 1. The van der Waals surface area contributed by atoms with Gasteiger partial charge in [0.2, 0.25) is 5.91 Å². The Morgan fingerprint density at radius 2 is 1.78 bits per heavy atom. The van der Waals surface area contributed by atoms with Gasteiger partial charge in [-0.15, -0.1) is 0 Å². The highest BCUT2D eigenvalue weighted by molar-refractivity contribution is 5.94. The summed E-state index contributed by atoms with van der Waals surface area (Å²) in [7, 11) is 0. The minimum atomic E-state index is -0.444. The summed E-state index contributed by atoms with van der Waals surface area (Å²) in [6, 6.07) is 13.1. The lowest BCUT2D eigenvalue weighted by Crippen LogP contribution is -2.39. The zero-order valence-electron chi connectivity index (χ0n) is 12.7. The first-order chi connectivity index (χ1) is 11.0. The van der Waals surface area contributed by atoms with Crippen LogP contribution in [-0.4, -0.2) is 18.5 Å². The van der Waals surface area contributed by atoms with Crippen molar-refractivity contribution in [2.24, 2.45) is 0 Å². The van der Waals surface area contributed by atoms with Gasteiger partial charge in [0.25, 0.3) is 0 Å². The average Bonchev–Trinajstić information content (AvgIpc) is 2.55. The second kappa shape index (κ2) is 7.93. The predicted octanol–water partition coefficient (Wildman–Crippen LogP) is 2.57. The van der Waals surface area contributed by atoms with Crippen LogP contribution in [0.25, 0.3) is 0 Å². The van der Waals surface area contributed by atoms with Gasteiger partial charge in [0, 0.05) is 12.2 Å². The van der Waals surface area contributed by atoms with Crippen molar-refractivity contribution in [3.8, 4) is 0 Å². The number of anilines is 1. The van der Waals surface area contributed by atoms with Gasteiger partial charge in [-0.25, -0.2) is 9.18 Å². The molecule has 3 N–H and O–H groups in total. The van der Waals surface area contributed by atoms with Crippen LogP contribution < -0.4 is 16.0 Å². The van der Waals surface area contributed by atoms with Crippen molar-refractivity contribution >= 4 is 17.6 Å². The molecule has 2 aromatic rings. The van der Waals surface area contributed by atoms with E-state index in [-0.39, 0.29) is 6.54 Å². The third kappa shape index (κ3) is 5.43. The lowest BCUT2D eigenvalue weighted by molar-refractivity contribution is -0.115. The van der Waals surface area contributed by atoms with Crippen molar-refractivity contribution in [2.75, 3.05) is 11.9 Å². The van der Waals surface area contributed by atoms with Gasteiger partial charge < -0.3 is 16.0 Å². The molecule has 0 atom stereocenters. The summed E-state index contributed by atoms with van der Waals surface area (Å²) < 4.78 is 13.1. The van der Waals surface area contributed by atoms with Crippen molar-refractivity contribution in [2.45, 2.75) is 13.5 Å². The van der Waals surface area contributed by atoms with Crippen LogP contribution in [0.4, 0.5) is 14.9 Å². The fourth-order valence-electron chi connectivity index (χ4n) is 1.92. The number of aryl methyl sites for hydroxylation is 1. The Balaban J connectivity index is 1.75. The summed E-state index contributed by atoms with van der Waals surface area (Å²) in [5.74, 6) is -0.854. The van der Waals surface area contributed by atoms with Gasteiger partial charge >= 0.3 is 6.03 Å². The van der Waals surface area contributed by atoms with E-state index in [2.05, 4.69) is 16.0 Å². The molecule has 0 saturated carbocycles. The van der Waals surface area contributed by atoms with Gasteiger partial charge in [-0.3, -0.25) is 4.79 Å². The van der Waals surface area contributed by atoms with E-state index < -0.39 is 17.8 Å². The van der Waals surface area contributed by atoms with Gasteiger partial charge in [-0.05, 0) is 30.2 Å². The van der Waals surface area contributed by atoms with Crippen molar-refractivity contribution in [1.82, 2.24) is 10.6 Å². The highest BCUT2D eigenvalue weighted by atomic mass is 19.1. The molecule has 0 aliphatic carbocycles. The summed E-state index contributed by atoms with van der Waals surface area (Å²) in [5.41, 5.74) is 2.09. The number of rotatable bonds is 5. The molecule has 2 aromatic carbocycles. The van der Waals surface area contributed by atoms with Crippen molar-refractivity contribution < 1.29 is 14.0 Å². The number of carbonyl (C=O) groups excluding carboxylic acids is 2. The number of hydrogen-bond acceptors (Lipinski definition) is 2. The van der Waals surface area contributed by atoms with Crippen LogP contribution in [0, 0.1) is 12.7 Å². The molecule has 5 nitrogen and oxygen atoms in total. The molecule has 0 heterocycles. The molecule has 0 aliphatic heterocycles. The van der Waals surface area contributed by atoms with Crippen LogP contribution >= 0.6 is 0 Å². The maximum atomic E-state index is 13.1. The van der Waals surface area contributed by atoms with Gasteiger partial charge in [-0.1, -0.05) is 36.4 Å². The quantitative estimate of drug-likeness (QED) is 0.793. The second-order valence-electron chi connectivity index (χ2n) is 5.03. The maximum Gasteiger partial charge on any atom is 0.315 e. The summed E-state index contributed by atoms with van der Waals surface area (Å²) >= 11 is 0. The lowest BCUT2D eigenvalue weighted by atomic mass is 10.2. The largest absolute Gasteiger partial charge is 0.334 e. The fraction of sp³-hybridized carbons (Fsp3) is 0.176. The van der Waals surface area contributed by atoms with Crippen molar-refractivity contribution in [3.63, 3.8) is 0 Å². The predicted molar refractivity (Wildman–Crippen MR) is 86.4 cm³/mol. The highest BCUT2D eigenvalue weighted by Crippen LogP contribution is 2.15. The Morgan fingerprint density at radius 3 is 2.52 bits per heavy atom. The third-order valence-electron chi connectivity index (χ3n) is 3.18. The zero-order valence-corrected chi connectivity index (χ0v) is 12.7. The minimum absolute atomic E-state index is 0.198. The molecule has 0 aromatic heterocycles. The van der Waals surface area contributed by atoms with Crippen LogP contribution in [-0.2, 0) is 11.3 Å². The number of carbonyl (C=O) groups is 2. The normalized spacial score (nSPS) is 10.0. The first-order valence-electron chi connectivity index (χ1n) is 7.16. The van der Waals surface area contributed by atoms with Crippen LogP contribution in [0.1, 0.15) is 11.1 Å². The maximum absolute atomic E-state index is 13.1. The Hall–Kier alpha value is -2.89. The van der Waals surface area contributed by atoms with E-state index in [1.54, 1.807) is 13.0 Å². The van der Waals surface area contributed by atoms with E-state index in [1.165, 1.54) is 12.1 Å². The highest BCUT2D eigenvalue weighted by Gasteiger charge is 2.08. The third-order valence-corrected chi connectivity index (χ3v) is 3.18. The molecule has 0 aliphatic rings. The van der Waals surface area contributed by atoms with E-state index in [4.69, 9.17) is 0 Å². The van der Waals surface area contributed by atoms with Crippen LogP contribution in [0.3, 0.4) is 0 Å². The van der Waals surface area contributed by atoms with E-state index in [0.29, 0.717) is 12.2 Å². The molecule has 0 radical (unpaired) electrons. The van der Waals surface area contributed by atoms with Gasteiger partial charge in [0.15, 0.2) is 0 Å². The molecule has 0 fully saturated rings. The fourth-order valence-corrected chi connectivity index (χ4v) is 1.92. The molecule has 3 amide bonds. The first kappa shape index (κ1) is 16.5. The molecule has 2 rings (SSSR count). The van der Waals surface area contributed by atoms with Crippen molar-refractivity contribution in [3.05, 3.63) is 65.5 Å². The smallest absolute Gasteiger partial charge is 0.315 e. The summed E-state index contributed by atoms with van der Waals surface area (Å²) in [6.45, 7) is 1.93. The van der Waals surface area contributed by atoms with Crippen LogP contribution in [0.5, 0.6) is 0 Å². The second-order valence-corrected chi connectivity index (χ2v) is 5.03. The van der Waals surface area contributed by atoms with E-state index in [0.717, 1.165) is 11.1 Å². The summed E-state index contributed by atoms with van der Waals surface area (Å²) in [4.78, 5) is 23.4. The standard InChI is InChI=1S/C17H18FN3O2/c1-12-7-8-14(18)9-15(12)21-16(22)11-20-17(23)19-10-13-5-3-2-4-6-13/h2-9H,10-11H2,1H3,(H,21,22)(H2,19,20,23). The Kier molecular flexibility index (Phi) is 5.68. The van der Waals surface area contributed by atoms with E-state index in [9.17, 15) is 14.0 Å². The van der Waals surface area contributed by atoms with Gasteiger partial charge in [0.1, 0.15) is 5.82 Å². The van der Waals surface area contributed by atoms with Crippen molar-refractivity contribution in [1.29, 1.82) is 0 Å². The van der Waals surface area contributed by atoms with Crippen LogP contribution in [0.15, 0.2) is 48.5 Å². The molecule has 23 heavy (non-hydrogen) atoms. The van der Waals surface area contributed by atoms with E-state index in [1.807, 2.05) is 30.3 Å². The Bertz CT molecular complexity index is 689. The number of hydrogen-bond donors (Lipinski definition) is 3. The van der Waals surface area contributed by atoms with E-state index >= 15 is 0 Å². The molecular formula is C17H18FN3O2. The first-order valence-corrected chi connectivity index (χ1v) is 7.16. The molecule has 0 saturated heterocycles. The SMILES string of the molecule is Cc1ccc(F)cc1NC(=O)CNC(=O)NCc1ccccc1. The molecule has 6 heteroatoms. The molecule has 0 spiro atoms. The average molecular weight is 315 g/mol. The number of benzene rings is 2. The van der Waals surface area contributed by atoms with Gasteiger partial charge in [-0.2, -0.15) is 0 Å². The monoisotopic (exact) mass is 315 g/mol. The lowest BCUT2D eigenvalue weighted by Gasteiger charge is -2.10.